The van der Waals surface area contributed by atoms with Gasteiger partial charge in [-0.1, -0.05) is 6.07 Å². The monoisotopic (exact) mass is 278 g/mol. The number of nitrogens with two attached hydrogens (primary N) is 1. The molecule has 110 valence electrons. The van der Waals surface area contributed by atoms with Gasteiger partial charge >= 0.3 is 6.09 Å². The van der Waals surface area contributed by atoms with E-state index in [1.165, 1.54) is 0 Å². The number of ether oxygens (including phenoxy) is 1. The maximum absolute atomic E-state index is 11.6. The average molecular weight is 278 g/mol. The van der Waals surface area contributed by atoms with E-state index in [1.807, 2.05) is 32.9 Å². The zero-order valence-electron chi connectivity index (χ0n) is 12.2. The van der Waals surface area contributed by atoms with Crippen molar-refractivity contribution in [2.45, 2.75) is 39.0 Å². The third-order valence-corrected chi connectivity index (χ3v) is 2.97. The molecule has 1 aromatic heterocycles. The van der Waals surface area contributed by atoms with Crippen LogP contribution in [0.15, 0.2) is 18.3 Å². The number of carbonyl (C=O) groups excluding carboxylic acids is 1. The summed E-state index contributed by atoms with van der Waals surface area (Å²) in [4.78, 5) is 18.1. The molecule has 0 unspecified atom stereocenters. The summed E-state index contributed by atoms with van der Waals surface area (Å²) in [5, 5.41) is 2.84. The van der Waals surface area contributed by atoms with Crippen LogP contribution in [0.4, 0.5) is 10.6 Å². The van der Waals surface area contributed by atoms with Crippen LogP contribution < -0.4 is 16.0 Å². The lowest BCUT2D eigenvalue weighted by Gasteiger charge is -2.40. The molecule has 1 aliphatic heterocycles. The Hall–Kier alpha value is -1.82. The smallest absolute Gasteiger partial charge is 0.407 e. The van der Waals surface area contributed by atoms with Crippen molar-refractivity contribution in [1.82, 2.24) is 10.3 Å². The maximum atomic E-state index is 11.6. The molecule has 1 aliphatic rings. The quantitative estimate of drug-likeness (QED) is 0.870. The fourth-order valence-corrected chi connectivity index (χ4v) is 1.96. The molecule has 0 spiro atoms. The van der Waals surface area contributed by atoms with E-state index in [9.17, 15) is 4.79 Å². The van der Waals surface area contributed by atoms with Gasteiger partial charge in [-0.2, -0.15) is 0 Å². The van der Waals surface area contributed by atoms with Gasteiger partial charge in [-0.25, -0.2) is 9.78 Å². The Morgan fingerprint density at radius 1 is 1.50 bits per heavy atom. The van der Waals surface area contributed by atoms with Crippen LogP contribution in [0.25, 0.3) is 0 Å². The number of pyridine rings is 1. The van der Waals surface area contributed by atoms with Crippen LogP contribution >= 0.6 is 0 Å². The summed E-state index contributed by atoms with van der Waals surface area (Å²) in [5.41, 5.74) is 6.08. The Kier molecular flexibility index (Phi) is 4.13. The van der Waals surface area contributed by atoms with Crippen LogP contribution in [0.3, 0.4) is 0 Å². The maximum Gasteiger partial charge on any atom is 0.407 e. The first-order valence-corrected chi connectivity index (χ1v) is 6.77. The number of aromatic nitrogens is 1. The average Bonchev–Trinajstić information content (AvgIpc) is 2.31. The van der Waals surface area contributed by atoms with Crippen LogP contribution in [0.1, 0.15) is 26.3 Å². The highest BCUT2D eigenvalue weighted by Crippen LogP contribution is 2.18. The summed E-state index contributed by atoms with van der Waals surface area (Å²) in [6.45, 7) is 7.53. The summed E-state index contributed by atoms with van der Waals surface area (Å²) >= 11 is 0. The zero-order chi connectivity index (χ0) is 14.8. The lowest BCUT2D eigenvalue weighted by Crippen LogP contribution is -2.60. The molecule has 1 saturated heterocycles. The van der Waals surface area contributed by atoms with E-state index in [2.05, 4.69) is 15.2 Å². The molecule has 0 aliphatic carbocycles. The van der Waals surface area contributed by atoms with E-state index in [1.54, 1.807) is 6.20 Å². The molecule has 3 N–H and O–H groups in total. The Bertz CT molecular complexity index is 461. The van der Waals surface area contributed by atoms with Gasteiger partial charge in [0.2, 0.25) is 0 Å². The summed E-state index contributed by atoms with van der Waals surface area (Å²) in [5.74, 6) is 0.907. The Labute approximate surface area is 119 Å². The third-order valence-electron chi connectivity index (χ3n) is 2.97. The van der Waals surface area contributed by atoms with Gasteiger partial charge in [-0.3, -0.25) is 0 Å². The van der Waals surface area contributed by atoms with Crippen molar-refractivity contribution < 1.29 is 9.53 Å². The van der Waals surface area contributed by atoms with Gasteiger partial charge in [0.15, 0.2) is 0 Å². The van der Waals surface area contributed by atoms with Gasteiger partial charge in [0, 0.05) is 25.8 Å². The molecule has 6 nitrogen and oxygen atoms in total. The van der Waals surface area contributed by atoms with Crippen molar-refractivity contribution in [2.75, 3.05) is 18.0 Å². The SMILES string of the molecule is CC(C)(C)OC(=O)NC1CN(c2ccc(CN)cn2)C1. The minimum Gasteiger partial charge on any atom is -0.444 e. The van der Waals surface area contributed by atoms with Gasteiger partial charge in [0.25, 0.3) is 0 Å². The van der Waals surface area contributed by atoms with Crippen molar-refractivity contribution in [3.63, 3.8) is 0 Å². The number of hydrogen-bond donors (Lipinski definition) is 2. The fourth-order valence-electron chi connectivity index (χ4n) is 1.96. The Morgan fingerprint density at radius 2 is 2.20 bits per heavy atom. The first kappa shape index (κ1) is 14.6. The largest absolute Gasteiger partial charge is 0.444 e. The van der Waals surface area contributed by atoms with E-state index in [4.69, 9.17) is 10.5 Å². The van der Waals surface area contributed by atoms with E-state index in [0.29, 0.717) is 6.54 Å². The molecule has 2 heterocycles. The Balaban J connectivity index is 1.78. The molecular formula is C14H22N4O2. The first-order chi connectivity index (χ1) is 9.37. The number of carbonyl (C=O) groups is 1. The molecule has 1 aromatic rings. The van der Waals surface area contributed by atoms with Crippen molar-refractivity contribution in [2.24, 2.45) is 5.73 Å². The van der Waals surface area contributed by atoms with Crippen LogP contribution in [0.2, 0.25) is 0 Å². The summed E-state index contributed by atoms with van der Waals surface area (Å²) in [7, 11) is 0. The molecule has 0 radical (unpaired) electrons. The number of amides is 1. The summed E-state index contributed by atoms with van der Waals surface area (Å²) in [6, 6.07) is 4.03. The van der Waals surface area contributed by atoms with Crippen LogP contribution in [-0.4, -0.2) is 35.8 Å². The van der Waals surface area contributed by atoms with Gasteiger partial charge < -0.3 is 20.7 Å². The number of rotatable bonds is 3. The van der Waals surface area contributed by atoms with Crippen molar-refractivity contribution >= 4 is 11.9 Å². The molecule has 0 bridgehead atoms. The highest BCUT2D eigenvalue weighted by atomic mass is 16.6. The zero-order valence-corrected chi connectivity index (χ0v) is 12.2. The number of anilines is 1. The predicted molar refractivity (Wildman–Crippen MR) is 77.5 cm³/mol. The second-order valence-corrected chi connectivity index (χ2v) is 5.98. The van der Waals surface area contributed by atoms with Crippen molar-refractivity contribution in [3.8, 4) is 0 Å². The fraction of sp³-hybridized carbons (Fsp3) is 0.571. The number of nitrogens with one attached hydrogen (secondary N) is 1. The normalized spacial score (nSPS) is 15.7. The highest BCUT2D eigenvalue weighted by Gasteiger charge is 2.30. The molecule has 0 saturated carbocycles. The minimum atomic E-state index is -0.465. The van der Waals surface area contributed by atoms with Crippen LogP contribution in [0.5, 0.6) is 0 Å². The number of nitrogens with zero attached hydrogens (tertiary/aromatic N) is 2. The van der Waals surface area contributed by atoms with E-state index >= 15 is 0 Å². The predicted octanol–water partition coefficient (Wildman–Crippen LogP) is 1.25. The summed E-state index contributed by atoms with van der Waals surface area (Å²) < 4.78 is 5.22. The second kappa shape index (κ2) is 5.66. The molecule has 20 heavy (non-hydrogen) atoms. The van der Waals surface area contributed by atoms with Gasteiger partial charge in [0.1, 0.15) is 11.4 Å². The number of hydrogen-bond acceptors (Lipinski definition) is 5. The van der Waals surface area contributed by atoms with Crippen LogP contribution in [0, 0.1) is 0 Å². The molecule has 1 amide bonds. The molecule has 0 aromatic carbocycles. The van der Waals surface area contributed by atoms with Gasteiger partial charge in [0.05, 0.1) is 6.04 Å². The topological polar surface area (TPSA) is 80.5 Å². The van der Waals surface area contributed by atoms with E-state index in [-0.39, 0.29) is 12.1 Å². The van der Waals surface area contributed by atoms with Crippen molar-refractivity contribution in [1.29, 1.82) is 0 Å². The molecule has 2 rings (SSSR count). The van der Waals surface area contributed by atoms with Gasteiger partial charge in [-0.05, 0) is 32.4 Å². The first-order valence-electron chi connectivity index (χ1n) is 6.77. The highest BCUT2D eigenvalue weighted by molar-refractivity contribution is 5.68. The van der Waals surface area contributed by atoms with Gasteiger partial charge in [-0.15, -0.1) is 0 Å². The molecule has 1 fully saturated rings. The standard InChI is InChI=1S/C14H22N4O2/c1-14(2,3)20-13(19)17-11-8-18(9-11)12-5-4-10(6-15)7-16-12/h4-5,7,11H,6,8-9,15H2,1-3H3,(H,17,19). The van der Waals surface area contributed by atoms with Crippen molar-refractivity contribution in [3.05, 3.63) is 23.9 Å². The lowest BCUT2D eigenvalue weighted by molar-refractivity contribution is 0.0496. The second-order valence-electron chi connectivity index (χ2n) is 5.98. The van der Waals surface area contributed by atoms with Crippen LogP contribution in [-0.2, 0) is 11.3 Å². The number of alkyl carbamates (subject to hydrolysis) is 1. The van der Waals surface area contributed by atoms with E-state index in [0.717, 1.165) is 24.5 Å². The van der Waals surface area contributed by atoms with E-state index < -0.39 is 5.60 Å². The minimum absolute atomic E-state index is 0.112. The molecule has 0 atom stereocenters. The third kappa shape index (κ3) is 3.84. The molecular weight excluding hydrogens is 256 g/mol. The summed E-state index contributed by atoms with van der Waals surface area (Å²) in [6.07, 6.45) is 1.41. The molecule has 6 heteroatoms. The Morgan fingerprint density at radius 3 is 2.70 bits per heavy atom. The lowest BCUT2D eigenvalue weighted by atomic mass is 10.1.